The molecule has 1 saturated carbocycles. The Kier molecular flexibility index (Phi) is 3.46. The first-order valence-electron chi connectivity index (χ1n) is 5.33. The van der Waals surface area contributed by atoms with Crippen molar-refractivity contribution in [2.24, 2.45) is 11.7 Å². The lowest BCUT2D eigenvalue weighted by atomic mass is 10.2. The van der Waals surface area contributed by atoms with Crippen molar-refractivity contribution in [1.29, 1.82) is 0 Å². The van der Waals surface area contributed by atoms with E-state index in [1.165, 1.54) is 0 Å². The van der Waals surface area contributed by atoms with E-state index in [9.17, 15) is 4.79 Å². The average molecular weight is 240 g/mol. The molecule has 0 amide bonds. The molecule has 1 aromatic rings. The number of hydrogen-bond donors (Lipinski definition) is 1. The summed E-state index contributed by atoms with van der Waals surface area (Å²) in [6.45, 7) is 0.260. The second-order valence-corrected chi connectivity index (χ2v) is 4.53. The Balaban J connectivity index is 1.82. The normalized spacial score (nSPS) is 16.9. The van der Waals surface area contributed by atoms with Gasteiger partial charge >= 0.3 is 5.97 Å². The van der Waals surface area contributed by atoms with Gasteiger partial charge in [-0.05, 0) is 36.5 Å². The minimum absolute atomic E-state index is 0.260. The van der Waals surface area contributed by atoms with Gasteiger partial charge < -0.3 is 10.5 Å². The highest BCUT2D eigenvalue weighted by atomic mass is 35.5. The smallest absolute Gasteiger partial charge is 0.323 e. The largest absolute Gasteiger partial charge is 0.460 e. The van der Waals surface area contributed by atoms with E-state index in [0.717, 1.165) is 18.4 Å². The first kappa shape index (κ1) is 11.4. The van der Waals surface area contributed by atoms with Gasteiger partial charge in [-0.3, -0.25) is 4.79 Å². The van der Waals surface area contributed by atoms with E-state index >= 15 is 0 Å². The Bertz CT molecular complexity index is 373. The van der Waals surface area contributed by atoms with E-state index in [2.05, 4.69) is 0 Å². The molecule has 4 heteroatoms. The number of carbonyl (C=O) groups excluding carboxylic acids is 1. The van der Waals surface area contributed by atoms with Gasteiger partial charge in [-0.15, -0.1) is 0 Å². The summed E-state index contributed by atoms with van der Waals surface area (Å²) in [5.41, 5.74) is 6.63. The average Bonchev–Trinajstić information content (AvgIpc) is 3.11. The van der Waals surface area contributed by atoms with Gasteiger partial charge in [-0.1, -0.05) is 23.7 Å². The Hall–Kier alpha value is -1.06. The number of rotatable bonds is 4. The predicted molar refractivity (Wildman–Crippen MR) is 61.9 cm³/mol. The topological polar surface area (TPSA) is 52.3 Å². The minimum atomic E-state index is -0.452. The number of hydrogen-bond acceptors (Lipinski definition) is 3. The lowest BCUT2D eigenvalue weighted by Crippen LogP contribution is -2.34. The Morgan fingerprint density at radius 3 is 2.62 bits per heavy atom. The zero-order valence-corrected chi connectivity index (χ0v) is 9.61. The summed E-state index contributed by atoms with van der Waals surface area (Å²) < 4.78 is 5.12. The van der Waals surface area contributed by atoms with Crippen molar-refractivity contribution < 1.29 is 9.53 Å². The summed E-state index contributed by atoms with van der Waals surface area (Å²) >= 11 is 5.75. The third-order valence-corrected chi connectivity index (χ3v) is 2.95. The third-order valence-electron chi connectivity index (χ3n) is 2.70. The van der Waals surface area contributed by atoms with Crippen molar-refractivity contribution in [2.45, 2.75) is 25.5 Å². The minimum Gasteiger partial charge on any atom is -0.460 e. The van der Waals surface area contributed by atoms with Crippen LogP contribution in [0.25, 0.3) is 0 Å². The predicted octanol–water partition coefficient (Wildman–Crippen LogP) is 2.12. The molecule has 0 spiro atoms. The van der Waals surface area contributed by atoms with Crippen molar-refractivity contribution in [2.75, 3.05) is 0 Å². The Labute approximate surface area is 99.5 Å². The van der Waals surface area contributed by atoms with Crippen LogP contribution in [0.3, 0.4) is 0 Å². The van der Waals surface area contributed by atoms with Crippen LogP contribution in [0.4, 0.5) is 0 Å². The van der Waals surface area contributed by atoms with E-state index < -0.39 is 6.04 Å². The maximum Gasteiger partial charge on any atom is 0.323 e. The third kappa shape index (κ3) is 2.97. The number of ether oxygens (including phenoxy) is 1. The number of carbonyl (C=O) groups is 1. The molecule has 0 aliphatic heterocycles. The van der Waals surface area contributed by atoms with Crippen LogP contribution >= 0.6 is 11.6 Å². The van der Waals surface area contributed by atoms with Crippen LogP contribution in [0.2, 0.25) is 5.02 Å². The van der Waals surface area contributed by atoms with Crippen LogP contribution in [0.1, 0.15) is 18.4 Å². The van der Waals surface area contributed by atoms with E-state index in [1.54, 1.807) is 12.1 Å². The van der Waals surface area contributed by atoms with Crippen molar-refractivity contribution >= 4 is 17.6 Å². The van der Waals surface area contributed by atoms with Crippen LogP contribution in [-0.4, -0.2) is 12.0 Å². The highest BCUT2D eigenvalue weighted by Gasteiger charge is 2.34. The molecule has 1 atom stereocenters. The van der Waals surface area contributed by atoms with Crippen LogP contribution in [0, 0.1) is 5.92 Å². The van der Waals surface area contributed by atoms with Crippen LogP contribution < -0.4 is 5.73 Å². The van der Waals surface area contributed by atoms with Crippen LogP contribution in [0.15, 0.2) is 24.3 Å². The van der Waals surface area contributed by atoms with Gasteiger partial charge in [0.1, 0.15) is 12.6 Å². The van der Waals surface area contributed by atoms with Gasteiger partial charge in [0.2, 0.25) is 0 Å². The molecular formula is C12H14ClNO2. The summed E-state index contributed by atoms with van der Waals surface area (Å²) in [5.74, 6) is 0.0233. The fourth-order valence-electron chi connectivity index (χ4n) is 1.48. The highest BCUT2D eigenvalue weighted by Crippen LogP contribution is 2.32. The number of esters is 1. The second kappa shape index (κ2) is 4.85. The molecule has 0 heterocycles. The van der Waals surface area contributed by atoms with Crippen molar-refractivity contribution in [3.8, 4) is 0 Å². The highest BCUT2D eigenvalue weighted by molar-refractivity contribution is 6.30. The lowest BCUT2D eigenvalue weighted by Gasteiger charge is -2.10. The van der Waals surface area contributed by atoms with Crippen LogP contribution in [0.5, 0.6) is 0 Å². The van der Waals surface area contributed by atoms with Gasteiger partial charge in [0.25, 0.3) is 0 Å². The van der Waals surface area contributed by atoms with E-state index in [-0.39, 0.29) is 12.6 Å². The van der Waals surface area contributed by atoms with E-state index in [0.29, 0.717) is 10.9 Å². The molecule has 16 heavy (non-hydrogen) atoms. The Morgan fingerprint density at radius 1 is 1.44 bits per heavy atom. The maximum atomic E-state index is 11.5. The quantitative estimate of drug-likeness (QED) is 0.819. The van der Waals surface area contributed by atoms with E-state index in [4.69, 9.17) is 22.1 Å². The van der Waals surface area contributed by atoms with Crippen molar-refractivity contribution in [1.82, 2.24) is 0 Å². The molecular weight excluding hydrogens is 226 g/mol. The molecule has 1 aliphatic rings. The fraction of sp³-hybridized carbons (Fsp3) is 0.417. The fourth-order valence-corrected chi connectivity index (χ4v) is 1.61. The maximum absolute atomic E-state index is 11.5. The molecule has 1 aliphatic carbocycles. The molecule has 2 rings (SSSR count). The van der Waals surface area contributed by atoms with Gasteiger partial charge in [0, 0.05) is 5.02 Å². The molecule has 0 aromatic heterocycles. The monoisotopic (exact) mass is 239 g/mol. The second-order valence-electron chi connectivity index (χ2n) is 4.10. The Morgan fingerprint density at radius 2 is 2.06 bits per heavy atom. The molecule has 86 valence electrons. The van der Waals surface area contributed by atoms with Gasteiger partial charge in [0.15, 0.2) is 0 Å². The van der Waals surface area contributed by atoms with Gasteiger partial charge in [-0.2, -0.15) is 0 Å². The zero-order chi connectivity index (χ0) is 11.5. The summed E-state index contributed by atoms with van der Waals surface area (Å²) in [7, 11) is 0. The first-order valence-corrected chi connectivity index (χ1v) is 5.71. The van der Waals surface area contributed by atoms with Crippen LogP contribution in [-0.2, 0) is 16.1 Å². The number of benzene rings is 1. The standard InChI is InChI=1S/C12H14ClNO2/c13-10-5-1-8(2-6-10)7-16-12(15)11(14)9-3-4-9/h1-2,5-6,9,11H,3-4,7,14H2. The molecule has 1 aromatic carbocycles. The van der Waals surface area contributed by atoms with Crippen molar-refractivity contribution in [3.05, 3.63) is 34.9 Å². The summed E-state index contributed by atoms with van der Waals surface area (Å²) in [6, 6.07) is 6.75. The summed E-state index contributed by atoms with van der Waals surface area (Å²) in [6.07, 6.45) is 2.08. The molecule has 0 saturated heterocycles. The molecule has 0 bridgehead atoms. The first-order chi connectivity index (χ1) is 7.66. The molecule has 1 fully saturated rings. The summed E-state index contributed by atoms with van der Waals surface area (Å²) in [4.78, 5) is 11.5. The number of nitrogens with two attached hydrogens (primary N) is 1. The molecule has 2 N–H and O–H groups in total. The summed E-state index contributed by atoms with van der Waals surface area (Å²) in [5, 5.41) is 0.671. The van der Waals surface area contributed by atoms with Crippen molar-refractivity contribution in [3.63, 3.8) is 0 Å². The van der Waals surface area contributed by atoms with E-state index in [1.807, 2.05) is 12.1 Å². The zero-order valence-electron chi connectivity index (χ0n) is 8.86. The lowest BCUT2D eigenvalue weighted by molar-refractivity contribution is -0.147. The molecule has 1 unspecified atom stereocenters. The SMILES string of the molecule is NC(C(=O)OCc1ccc(Cl)cc1)C1CC1. The molecule has 3 nitrogen and oxygen atoms in total. The van der Waals surface area contributed by atoms with Gasteiger partial charge in [0.05, 0.1) is 0 Å². The van der Waals surface area contributed by atoms with Gasteiger partial charge in [-0.25, -0.2) is 0 Å². The number of halogens is 1. The molecule has 0 radical (unpaired) electrons.